The molecular formula is C22H22N4O2. The Labute approximate surface area is 164 Å². The van der Waals surface area contributed by atoms with Gasteiger partial charge in [0, 0.05) is 41.8 Å². The third-order valence-electron chi connectivity index (χ3n) is 5.26. The summed E-state index contributed by atoms with van der Waals surface area (Å²) in [5.41, 5.74) is 3.05. The molecule has 0 amide bonds. The van der Waals surface area contributed by atoms with E-state index in [-0.39, 0.29) is 6.04 Å². The van der Waals surface area contributed by atoms with Crippen LogP contribution in [0.2, 0.25) is 0 Å². The fourth-order valence-electron chi connectivity index (χ4n) is 4.05. The monoisotopic (exact) mass is 374 g/mol. The van der Waals surface area contributed by atoms with E-state index in [1.54, 1.807) is 12.4 Å². The van der Waals surface area contributed by atoms with Gasteiger partial charge in [0.05, 0.1) is 6.04 Å². The van der Waals surface area contributed by atoms with E-state index in [0.29, 0.717) is 19.0 Å². The summed E-state index contributed by atoms with van der Waals surface area (Å²) in [7, 11) is 0. The normalized spacial score (nSPS) is 18.3. The van der Waals surface area contributed by atoms with Crippen molar-refractivity contribution >= 4 is 5.82 Å². The number of ether oxygens (including phenoxy) is 2. The Kier molecular flexibility index (Phi) is 4.31. The first-order valence-electron chi connectivity index (χ1n) is 9.71. The second-order valence-electron chi connectivity index (χ2n) is 7.16. The Morgan fingerprint density at radius 2 is 2.00 bits per heavy atom. The molecule has 0 saturated carbocycles. The number of hydrogen-bond donors (Lipinski definition) is 0. The maximum absolute atomic E-state index is 5.98. The molecule has 3 aromatic rings. The van der Waals surface area contributed by atoms with Crippen molar-refractivity contribution in [2.75, 3.05) is 24.7 Å². The van der Waals surface area contributed by atoms with Gasteiger partial charge in [-0.3, -0.25) is 4.98 Å². The number of pyridine rings is 1. The van der Waals surface area contributed by atoms with Crippen LogP contribution in [-0.2, 0) is 0 Å². The molecule has 5 rings (SSSR count). The van der Waals surface area contributed by atoms with Crippen molar-refractivity contribution in [2.24, 2.45) is 0 Å². The van der Waals surface area contributed by atoms with E-state index in [2.05, 4.69) is 27.0 Å². The first kappa shape index (κ1) is 17.0. The summed E-state index contributed by atoms with van der Waals surface area (Å²) in [6, 6.07) is 12.3. The van der Waals surface area contributed by atoms with Crippen molar-refractivity contribution in [3.63, 3.8) is 0 Å². The van der Waals surface area contributed by atoms with Gasteiger partial charge in [-0.15, -0.1) is 0 Å². The first-order valence-corrected chi connectivity index (χ1v) is 9.71. The third kappa shape index (κ3) is 3.05. The van der Waals surface area contributed by atoms with Gasteiger partial charge in [-0.2, -0.15) is 0 Å². The van der Waals surface area contributed by atoms with Gasteiger partial charge in [0.25, 0.3) is 0 Å². The molecule has 142 valence electrons. The largest absolute Gasteiger partial charge is 0.486 e. The smallest absolute Gasteiger partial charge is 0.166 e. The molecule has 0 bridgehead atoms. The number of rotatable bonds is 3. The summed E-state index contributed by atoms with van der Waals surface area (Å²) >= 11 is 0. The molecule has 1 unspecified atom stereocenters. The van der Waals surface area contributed by atoms with Gasteiger partial charge in [-0.25, -0.2) is 9.97 Å². The lowest BCUT2D eigenvalue weighted by atomic mass is 10.0. The summed E-state index contributed by atoms with van der Waals surface area (Å²) in [5.74, 6) is 3.38. The predicted molar refractivity (Wildman–Crippen MR) is 107 cm³/mol. The first-order chi connectivity index (χ1) is 13.8. The molecule has 6 heteroatoms. The molecule has 6 nitrogen and oxygen atoms in total. The minimum absolute atomic E-state index is 0.215. The van der Waals surface area contributed by atoms with Crippen molar-refractivity contribution in [3.05, 3.63) is 60.0 Å². The average Bonchev–Trinajstić information content (AvgIpc) is 3.23. The zero-order chi connectivity index (χ0) is 18.9. The molecule has 1 saturated heterocycles. The Balaban J connectivity index is 1.54. The van der Waals surface area contributed by atoms with Crippen LogP contribution >= 0.6 is 0 Å². The van der Waals surface area contributed by atoms with E-state index in [0.717, 1.165) is 48.0 Å². The highest BCUT2D eigenvalue weighted by Crippen LogP contribution is 2.44. The lowest BCUT2D eigenvalue weighted by Gasteiger charge is -2.30. The van der Waals surface area contributed by atoms with Crippen LogP contribution < -0.4 is 14.4 Å². The van der Waals surface area contributed by atoms with Crippen LogP contribution in [-0.4, -0.2) is 34.7 Å². The Morgan fingerprint density at radius 3 is 2.89 bits per heavy atom. The van der Waals surface area contributed by atoms with E-state index in [1.807, 2.05) is 31.2 Å². The molecule has 2 aliphatic heterocycles. The van der Waals surface area contributed by atoms with Crippen LogP contribution in [0.5, 0.6) is 11.5 Å². The maximum Gasteiger partial charge on any atom is 0.166 e. The SMILES string of the molecule is Cc1cc(N2CCCC2c2cccc3c2OCCO3)nc(-c2cccnc2)n1. The minimum atomic E-state index is 0.215. The number of aryl methyl sites for hydroxylation is 1. The molecule has 2 aliphatic rings. The van der Waals surface area contributed by atoms with Crippen LogP contribution in [0, 0.1) is 6.92 Å². The van der Waals surface area contributed by atoms with Gasteiger partial charge < -0.3 is 14.4 Å². The van der Waals surface area contributed by atoms with Gasteiger partial charge in [0.1, 0.15) is 19.0 Å². The van der Waals surface area contributed by atoms with E-state index in [1.165, 1.54) is 5.56 Å². The molecule has 28 heavy (non-hydrogen) atoms. The highest BCUT2D eigenvalue weighted by molar-refractivity contribution is 5.59. The van der Waals surface area contributed by atoms with Crippen molar-refractivity contribution in [2.45, 2.75) is 25.8 Å². The predicted octanol–water partition coefficient (Wildman–Crippen LogP) is 3.96. The van der Waals surface area contributed by atoms with Gasteiger partial charge in [-0.1, -0.05) is 12.1 Å². The highest BCUT2D eigenvalue weighted by atomic mass is 16.6. The van der Waals surface area contributed by atoms with Crippen LogP contribution in [0.25, 0.3) is 11.4 Å². The number of aromatic nitrogens is 3. The van der Waals surface area contributed by atoms with Crippen LogP contribution in [0.3, 0.4) is 0 Å². The molecule has 0 spiro atoms. The van der Waals surface area contributed by atoms with E-state index in [9.17, 15) is 0 Å². The molecule has 1 atom stereocenters. The number of benzene rings is 1. The van der Waals surface area contributed by atoms with Gasteiger partial charge in [0.15, 0.2) is 17.3 Å². The zero-order valence-electron chi connectivity index (χ0n) is 15.8. The molecule has 0 radical (unpaired) electrons. The summed E-state index contributed by atoms with van der Waals surface area (Å²) in [6.45, 7) is 4.16. The van der Waals surface area contributed by atoms with Gasteiger partial charge in [-0.05, 0) is 38.0 Å². The van der Waals surface area contributed by atoms with Crippen molar-refractivity contribution in [3.8, 4) is 22.9 Å². The zero-order valence-corrected chi connectivity index (χ0v) is 15.8. The van der Waals surface area contributed by atoms with Crippen LogP contribution in [0.1, 0.15) is 30.1 Å². The molecule has 4 heterocycles. The molecule has 1 fully saturated rings. The van der Waals surface area contributed by atoms with E-state index in [4.69, 9.17) is 14.5 Å². The third-order valence-corrected chi connectivity index (χ3v) is 5.26. The van der Waals surface area contributed by atoms with Crippen molar-refractivity contribution in [1.82, 2.24) is 15.0 Å². The number of para-hydroxylation sites is 1. The number of hydrogen-bond acceptors (Lipinski definition) is 6. The minimum Gasteiger partial charge on any atom is -0.486 e. The second-order valence-corrected chi connectivity index (χ2v) is 7.16. The van der Waals surface area contributed by atoms with Crippen molar-refractivity contribution in [1.29, 1.82) is 0 Å². The fraction of sp³-hybridized carbons (Fsp3) is 0.318. The lowest BCUT2D eigenvalue weighted by Crippen LogP contribution is -2.26. The van der Waals surface area contributed by atoms with E-state index < -0.39 is 0 Å². The van der Waals surface area contributed by atoms with Crippen LogP contribution in [0.4, 0.5) is 5.82 Å². The number of fused-ring (bicyclic) bond motifs is 1. The lowest BCUT2D eigenvalue weighted by molar-refractivity contribution is 0.169. The Hall–Kier alpha value is -3.15. The molecule has 2 aromatic heterocycles. The molecular weight excluding hydrogens is 352 g/mol. The molecule has 1 aromatic carbocycles. The fourth-order valence-corrected chi connectivity index (χ4v) is 4.05. The van der Waals surface area contributed by atoms with Crippen LogP contribution in [0.15, 0.2) is 48.8 Å². The van der Waals surface area contributed by atoms with Gasteiger partial charge >= 0.3 is 0 Å². The number of nitrogens with zero attached hydrogens (tertiary/aromatic N) is 4. The maximum atomic E-state index is 5.98. The topological polar surface area (TPSA) is 60.4 Å². The summed E-state index contributed by atoms with van der Waals surface area (Å²) in [4.78, 5) is 16.1. The van der Waals surface area contributed by atoms with E-state index >= 15 is 0 Å². The van der Waals surface area contributed by atoms with Gasteiger partial charge in [0.2, 0.25) is 0 Å². The van der Waals surface area contributed by atoms with Crippen molar-refractivity contribution < 1.29 is 9.47 Å². The quantitative estimate of drug-likeness (QED) is 0.692. The summed E-state index contributed by atoms with van der Waals surface area (Å²) < 4.78 is 11.8. The summed E-state index contributed by atoms with van der Waals surface area (Å²) in [6.07, 6.45) is 5.74. The standard InChI is InChI=1S/C22H22N4O2/c1-15-13-20(25-22(24-15)16-5-3-9-23-14-16)26-10-4-7-18(26)17-6-2-8-19-21(17)28-12-11-27-19/h2-3,5-6,8-9,13-14,18H,4,7,10-12H2,1H3. The Morgan fingerprint density at radius 1 is 1.07 bits per heavy atom. The average molecular weight is 374 g/mol. The molecule has 0 N–H and O–H groups in total. The summed E-state index contributed by atoms with van der Waals surface area (Å²) in [5, 5.41) is 0. The highest BCUT2D eigenvalue weighted by Gasteiger charge is 2.31. The molecule has 0 aliphatic carbocycles. The second kappa shape index (κ2) is 7.11. The Bertz CT molecular complexity index is 993. The number of anilines is 1.